The molecule has 0 fully saturated rings. The van der Waals surface area contributed by atoms with Crippen LogP contribution < -0.4 is 0 Å². The quantitative estimate of drug-likeness (QED) is 0.183. The average molecular weight is 696 g/mol. The van der Waals surface area contributed by atoms with Gasteiger partial charge in [-0.15, -0.1) is 11.3 Å². The number of hydrogen-bond acceptors (Lipinski definition) is 3. The lowest BCUT2D eigenvalue weighted by molar-refractivity contribution is 0.667. The molecule has 53 heavy (non-hydrogen) atoms. The third-order valence-corrected chi connectivity index (χ3v) is 12.4. The van der Waals surface area contributed by atoms with Gasteiger partial charge in [0, 0.05) is 64.3 Å². The molecule has 3 aromatic heterocycles. The van der Waals surface area contributed by atoms with Crippen LogP contribution in [0.3, 0.4) is 0 Å². The lowest BCUT2D eigenvalue weighted by atomic mass is 9.80. The molecule has 1 aliphatic rings. The SMILES string of the molecule is CC1(C)c2ccccc2-c2c1c1c3ccccc3sc1c1c3ccccc3n(-c3ccc(-c4nc(-c5ccccc5)cc(-c5ccccc5)n4)cc3)c21. The molecule has 0 spiro atoms. The number of benzene rings is 7. The minimum absolute atomic E-state index is 0.162. The molecule has 0 atom stereocenters. The fraction of sp³-hybridized carbons (Fsp3) is 0.0612. The molecular formula is C49H33N3S. The summed E-state index contributed by atoms with van der Waals surface area (Å²) in [5.74, 6) is 0.711. The highest BCUT2D eigenvalue weighted by molar-refractivity contribution is 7.26. The van der Waals surface area contributed by atoms with Crippen molar-refractivity contribution < 1.29 is 0 Å². The van der Waals surface area contributed by atoms with E-state index in [1.807, 2.05) is 23.5 Å². The predicted molar refractivity (Wildman–Crippen MR) is 223 cm³/mol. The molecular weight excluding hydrogens is 663 g/mol. The van der Waals surface area contributed by atoms with E-state index in [0.29, 0.717) is 5.82 Å². The van der Waals surface area contributed by atoms with E-state index in [1.54, 1.807) is 0 Å². The molecule has 7 aromatic carbocycles. The highest BCUT2D eigenvalue weighted by Gasteiger charge is 2.40. The lowest BCUT2D eigenvalue weighted by Crippen LogP contribution is -2.15. The minimum Gasteiger partial charge on any atom is -0.309 e. The smallest absolute Gasteiger partial charge is 0.160 e. The van der Waals surface area contributed by atoms with Crippen LogP contribution in [0.25, 0.3) is 92.7 Å². The van der Waals surface area contributed by atoms with Crippen LogP contribution in [0.4, 0.5) is 0 Å². The zero-order chi connectivity index (χ0) is 35.3. The molecule has 4 heteroatoms. The third kappa shape index (κ3) is 4.39. The maximum Gasteiger partial charge on any atom is 0.160 e. The van der Waals surface area contributed by atoms with Crippen molar-refractivity contribution in [1.82, 2.24) is 14.5 Å². The molecule has 0 saturated carbocycles. The Labute approximate surface area is 311 Å². The largest absolute Gasteiger partial charge is 0.309 e. The van der Waals surface area contributed by atoms with Gasteiger partial charge in [0.15, 0.2) is 5.82 Å². The normalized spacial score (nSPS) is 13.2. The molecule has 0 aliphatic heterocycles. The first-order valence-electron chi connectivity index (χ1n) is 18.2. The molecule has 11 rings (SSSR count). The van der Waals surface area contributed by atoms with E-state index < -0.39 is 0 Å². The summed E-state index contributed by atoms with van der Waals surface area (Å²) < 4.78 is 5.20. The Kier molecular flexibility index (Phi) is 6.47. The molecule has 1 aliphatic carbocycles. The zero-order valence-electron chi connectivity index (χ0n) is 29.3. The molecule has 3 heterocycles. The second-order valence-electron chi connectivity index (χ2n) is 14.5. The molecule has 0 N–H and O–H groups in total. The molecule has 0 saturated heterocycles. The number of thiophene rings is 1. The molecule has 250 valence electrons. The minimum atomic E-state index is -0.162. The van der Waals surface area contributed by atoms with Crippen LogP contribution >= 0.6 is 11.3 Å². The van der Waals surface area contributed by atoms with Crippen molar-refractivity contribution in [2.24, 2.45) is 0 Å². The van der Waals surface area contributed by atoms with Gasteiger partial charge in [-0.1, -0.05) is 135 Å². The number of nitrogens with zero attached hydrogens (tertiary/aromatic N) is 3. The first-order chi connectivity index (χ1) is 26.1. The Morgan fingerprint density at radius 1 is 0.547 bits per heavy atom. The highest BCUT2D eigenvalue weighted by atomic mass is 32.1. The van der Waals surface area contributed by atoms with Gasteiger partial charge < -0.3 is 4.57 Å². The predicted octanol–water partition coefficient (Wildman–Crippen LogP) is 13.2. The fourth-order valence-electron chi connectivity index (χ4n) is 8.81. The monoisotopic (exact) mass is 695 g/mol. The summed E-state index contributed by atoms with van der Waals surface area (Å²) in [6.45, 7) is 4.81. The van der Waals surface area contributed by atoms with Crippen molar-refractivity contribution >= 4 is 53.3 Å². The Bertz CT molecular complexity index is 3000. The standard InChI is InChI=1S/C49H33N3S/c1-49(2)37-22-12-9-19-34(37)42-45(49)43-36-21-11-14-24-41(36)53-47(43)44-35-20-10-13-23-40(35)52(46(42)44)33-27-25-32(26-28-33)48-50-38(30-15-5-3-6-16-30)29-39(51-48)31-17-7-4-8-18-31/h3-29H,1-2H3. The number of fused-ring (bicyclic) bond motifs is 12. The van der Waals surface area contributed by atoms with Crippen LogP contribution in [0.2, 0.25) is 0 Å². The van der Waals surface area contributed by atoms with Crippen LogP contribution in [-0.2, 0) is 5.41 Å². The summed E-state index contributed by atoms with van der Waals surface area (Å²) >= 11 is 1.93. The first kappa shape index (κ1) is 30.3. The van der Waals surface area contributed by atoms with Gasteiger partial charge >= 0.3 is 0 Å². The summed E-state index contributed by atoms with van der Waals surface area (Å²) in [6, 6.07) is 58.6. The number of para-hydroxylation sites is 1. The number of rotatable bonds is 4. The first-order valence-corrected chi connectivity index (χ1v) is 19.0. The van der Waals surface area contributed by atoms with Crippen molar-refractivity contribution in [1.29, 1.82) is 0 Å². The van der Waals surface area contributed by atoms with Crippen molar-refractivity contribution in [3.8, 4) is 50.7 Å². The summed E-state index contributed by atoms with van der Waals surface area (Å²) in [5.41, 5.74) is 13.9. The topological polar surface area (TPSA) is 30.7 Å². The van der Waals surface area contributed by atoms with Crippen LogP contribution in [0.5, 0.6) is 0 Å². The van der Waals surface area contributed by atoms with E-state index in [0.717, 1.165) is 33.8 Å². The second kappa shape index (κ2) is 11.3. The van der Waals surface area contributed by atoms with Crippen LogP contribution in [-0.4, -0.2) is 14.5 Å². The van der Waals surface area contributed by atoms with Crippen LogP contribution in [0.15, 0.2) is 164 Å². The highest BCUT2D eigenvalue weighted by Crippen LogP contribution is 2.58. The van der Waals surface area contributed by atoms with Gasteiger partial charge in [-0.3, -0.25) is 0 Å². The van der Waals surface area contributed by atoms with Crippen molar-refractivity contribution in [2.45, 2.75) is 19.3 Å². The second-order valence-corrected chi connectivity index (χ2v) is 15.6. The van der Waals surface area contributed by atoms with Crippen molar-refractivity contribution in [3.63, 3.8) is 0 Å². The Hall–Kier alpha value is -6.36. The summed E-state index contributed by atoms with van der Waals surface area (Å²) in [6.07, 6.45) is 0. The summed E-state index contributed by atoms with van der Waals surface area (Å²) in [4.78, 5) is 10.2. The third-order valence-electron chi connectivity index (χ3n) is 11.2. The van der Waals surface area contributed by atoms with Gasteiger partial charge in [-0.25, -0.2) is 9.97 Å². The van der Waals surface area contributed by atoms with E-state index in [9.17, 15) is 0 Å². The maximum absolute atomic E-state index is 5.12. The van der Waals surface area contributed by atoms with Gasteiger partial charge in [0.1, 0.15) is 0 Å². The molecule has 0 bridgehead atoms. The number of hydrogen-bond donors (Lipinski definition) is 0. The maximum atomic E-state index is 5.12. The Morgan fingerprint density at radius 3 is 1.87 bits per heavy atom. The van der Waals surface area contributed by atoms with Crippen molar-refractivity contribution in [2.75, 3.05) is 0 Å². The van der Waals surface area contributed by atoms with E-state index in [4.69, 9.17) is 9.97 Å². The number of aromatic nitrogens is 3. The lowest BCUT2D eigenvalue weighted by Gasteiger charge is -2.23. The van der Waals surface area contributed by atoms with Crippen LogP contribution in [0, 0.1) is 0 Å². The Morgan fingerprint density at radius 2 is 1.15 bits per heavy atom. The Balaban J connectivity index is 1.18. The molecule has 10 aromatic rings. The molecule has 0 amide bonds. The van der Waals surface area contributed by atoms with Gasteiger partial charge in [0.25, 0.3) is 0 Å². The van der Waals surface area contributed by atoms with Gasteiger partial charge in [-0.2, -0.15) is 0 Å². The molecule has 3 nitrogen and oxygen atoms in total. The van der Waals surface area contributed by atoms with E-state index in [2.05, 4.69) is 170 Å². The van der Waals surface area contributed by atoms with Crippen molar-refractivity contribution in [3.05, 3.63) is 175 Å². The van der Waals surface area contributed by atoms with Gasteiger partial charge in [0.2, 0.25) is 0 Å². The van der Waals surface area contributed by atoms with Gasteiger partial charge in [-0.05, 0) is 59.2 Å². The summed E-state index contributed by atoms with van der Waals surface area (Å²) in [5, 5.41) is 5.36. The van der Waals surface area contributed by atoms with E-state index in [1.165, 1.54) is 64.2 Å². The molecule has 0 unspecified atom stereocenters. The summed E-state index contributed by atoms with van der Waals surface area (Å²) in [7, 11) is 0. The zero-order valence-corrected chi connectivity index (χ0v) is 30.2. The van der Waals surface area contributed by atoms with Crippen LogP contribution in [0.1, 0.15) is 25.0 Å². The van der Waals surface area contributed by atoms with E-state index in [-0.39, 0.29) is 5.41 Å². The van der Waals surface area contributed by atoms with Gasteiger partial charge in [0.05, 0.1) is 22.4 Å². The fourth-order valence-corrected chi connectivity index (χ4v) is 10.1. The molecule has 0 radical (unpaired) electrons. The van der Waals surface area contributed by atoms with E-state index >= 15 is 0 Å². The average Bonchev–Trinajstić information content (AvgIpc) is 3.84.